The molecule has 182 valence electrons. The molecule has 3 rings (SSSR count). The first kappa shape index (κ1) is 26.4. The first-order valence-electron chi connectivity index (χ1n) is 11.9. The molecule has 2 aromatic rings. The molecule has 1 aliphatic carbocycles. The summed E-state index contributed by atoms with van der Waals surface area (Å²) in [4.78, 5) is 0. The first-order valence-corrected chi connectivity index (χ1v) is 14.9. The predicted octanol–water partition coefficient (Wildman–Crippen LogP) is 5.22. The number of nitrogens with zero attached hydrogens (tertiary/aromatic N) is 1. The van der Waals surface area contributed by atoms with Gasteiger partial charge in [-0.25, -0.2) is 4.39 Å². The quantitative estimate of drug-likeness (QED) is 0.358. The van der Waals surface area contributed by atoms with E-state index in [1.54, 1.807) is 11.4 Å². The summed E-state index contributed by atoms with van der Waals surface area (Å²) in [6.45, 7) is 13.0. The van der Waals surface area contributed by atoms with E-state index in [9.17, 15) is 4.55 Å². The Hall–Kier alpha value is -1.18. The average Bonchev–Trinajstić information content (AvgIpc) is 3.50. The Kier molecular flexibility index (Phi) is 7.86. The van der Waals surface area contributed by atoms with Crippen LogP contribution < -0.4 is 10.4 Å². The Labute approximate surface area is 204 Å². The highest BCUT2D eigenvalue weighted by Crippen LogP contribution is 2.47. The minimum absolute atomic E-state index is 0.127. The third-order valence-corrected chi connectivity index (χ3v) is 13.5. The summed E-state index contributed by atoms with van der Waals surface area (Å²) in [6.07, 6.45) is 1.57. The number of hydrogen-bond acceptors (Lipinski definition) is 3. The van der Waals surface area contributed by atoms with Crippen LogP contribution in [0.3, 0.4) is 0 Å². The van der Waals surface area contributed by atoms with Gasteiger partial charge >= 0.3 is 0 Å². The molecule has 1 saturated carbocycles. The average molecular weight is 490 g/mol. The van der Waals surface area contributed by atoms with Crippen LogP contribution in [0, 0.1) is 0 Å². The zero-order valence-electron chi connectivity index (χ0n) is 21.2. The van der Waals surface area contributed by atoms with Gasteiger partial charge in [-0.15, -0.1) is 4.31 Å². The Morgan fingerprint density at radius 1 is 0.970 bits per heavy atom. The van der Waals surface area contributed by atoms with Crippen molar-refractivity contribution in [3.63, 3.8) is 0 Å². The lowest BCUT2D eigenvalue weighted by atomic mass is 10.1. The van der Waals surface area contributed by atoms with Crippen LogP contribution in [0.1, 0.15) is 60.8 Å². The fourth-order valence-corrected chi connectivity index (χ4v) is 10.8. The fourth-order valence-electron chi connectivity index (χ4n) is 4.85. The molecule has 33 heavy (non-hydrogen) atoms. The van der Waals surface area contributed by atoms with Crippen molar-refractivity contribution in [1.82, 2.24) is 4.31 Å². The van der Waals surface area contributed by atoms with Crippen molar-refractivity contribution < 1.29 is 13.4 Å². The van der Waals surface area contributed by atoms with E-state index in [2.05, 4.69) is 69.3 Å². The van der Waals surface area contributed by atoms with Crippen molar-refractivity contribution >= 4 is 30.1 Å². The number of alkyl halides is 1. The minimum Gasteiger partial charge on any atom is -0.597 e. The van der Waals surface area contributed by atoms with Gasteiger partial charge in [0.15, 0.2) is 0 Å². The molecule has 6 heteroatoms. The summed E-state index contributed by atoms with van der Waals surface area (Å²) in [6, 6.07) is 20.6. The molecule has 0 aliphatic heterocycles. The molecule has 0 amide bonds. The summed E-state index contributed by atoms with van der Waals surface area (Å²) in [5.41, 5.74) is -1.27. The zero-order valence-corrected chi connectivity index (χ0v) is 23.0. The van der Waals surface area contributed by atoms with Crippen LogP contribution in [0.25, 0.3) is 0 Å². The van der Waals surface area contributed by atoms with Crippen LogP contribution >= 0.6 is 0 Å². The second-order valence-corrected chi connectivity index (χ2v) is 17.9. The lowest BCUT2D eigenvalue weighted by molar-refractivity contribution is 0.141. The highest BCUT2D eigenvalue weighted by atomic mass is 32.2. The van der Waals surface area contributed by atoms with Gasteiger partial charge in [-0.2, -0.15) is 0 Å². The standard InChI is InChI=1S/C27H40FNO2SSi/c1-25(2,3)32(30)29(7)24(27(28)19-20-27)18-21-31-33(26(4,5)6,22-14-10-8-11-15-22)23-16-12-9-13-17-23/h8-17,24H,18-21H2,1-7H3/t24?,32-/m1/s1. The van der Waals surface area contributed by atoms with Gasteiger partial charge in [0, 0.05) is 25.0 Å². The van der Waals surface area contributed by atoms with Gasteiger partial charge in [-0.1, -0.05) is 81.4 Å². The largest absolute Gasteiger partial charge is 0.597 e. The van der Waals surface area contributed by atoms with Gasteiger partial charge in [0.2, 0.25) is 0 Å². The number of halogens is 1. The van der Waals surface area contributed by atoms with E-state index in [1.807, 2.05) is 32.9 Å². The lowest BCUT2D eigenvalue weighted by Crippen LogP contribution is -2.66. The molecule has 2 atom stereocenters. The molecule has 3 nitrogen and oxygen atoms in total. The van der Waals surface area contributed by atoms with Crippen LogP contribution in [0.15, 0.2) is 60.7 Å². The van der Waals surface area contributed by atoms with E-state index in [-0.39, 0.29) is 5.04 Å². The zero-order chi connectivity index (χ0) is 24.5. The summed E-state index contributed by atoms with van der Waals surface area (Å²) in [7, 11) is -0.870. The van der Waals surface area contributed by atoms with Gasteiger partial charge in [-0.3, -0.25) is 0 Å². The maximum Gasteiger partial charge on any atom is 0.261 e. The van der Waals surface area contributed by atoms with Gasteiger partial charge in [0.1, 0.15) is 10.4 Å². The van der Waals surface area contributed by atoms with Crippen molar-refractivity contribution in [3.8, 4) is 0 Å². The number of hydrogen-bond donors (Lipinski definition) is 0. The third kappa shape index (κ3) is 5.56. The van der Waals surface area contributed by atoms with Crippen molar-refractivity contribution in [2.24, 2.45) is 0 Å². The van der Waals surface area contributed by atoms with E-state index in [4.69, 9.17) is 4.43 Å². The molecule has 0 heterocycles. The topological polar surface area (TPSA) is 35.5 Å². The molecule has 0 aromatic heterocycles. The molecule has 0 bridgehead atoms. The van der Waals surface area contributed by atoms with E-state index in [1.165, 1.54) is 10.4 Å². The van der Waals surface area contributed by atoms with E-state index < -0.39 is 36.1 Å². The molecule has 1 aliphatic rings. The second kappa shape index (κ2) is 9.82. The van der Waals surface area contributed by atoms with Gasteiger partial charge in [-0.05, 0) is 55.4 Å². The molecule has 0 saturated heterocycles. The maximum atomic E-state index is 15.4. The van der Waals surface area contributed by atoms with Crippen LogP contribution in [0.5, 0.6) is 0 Å². The van der Waals surface area contributed by atoms with Crippen LogP contribution in [0.4, 0.5) is 4.39 Å². The Balaban J connectivity index is 1.92. The summed E-state index contributed by atoms with van der Waals surface area (Å²) in [5, 5.41) is 2.31. The maximum absolute atomic E-state index is 15.4. The highest BCUT2D eigenvalue weighted by molar-refractivity contribution is 7.90. The van der Waals surface area contributed by atoms with Crippen LogP contribution in [0.2, 0.25) is 5.04 Å². The molecular weight excluding hydrogens is 449 g/mol. The first-order chi connectivity index (χ1) is 15.3. The van der Waals surface area contributed by atoms with Crippen molar-refractivity contribution in [2.75, 3.05) is 13.7 Å². The van der Waals surface area contributed by atoms with Gasteiger partial charge in [0.05, 0.1) is 6.04 Å². The third-order valence-electron chi connectivity index (χ3n) is 6.68. The summed E-state index contributed by atoms with van der Waals surface area (Å²) in [5.74, 6) is 0. The Bertz CT molecular complexity index is 854. The fraction of sp³-hybridized carbons (Fsp3) is 0.556. The molecule has 2 aromatic carbocycles. The van der Waals surface area contributed by atoms with Gasteiger partial charge < -0.3 is 8.98 Å². The smallest absolute Gasteiger partial charge is 0.261 e. The van der Waals surface area contributed by atoms with Gasteiger partial charge in [0.25, 0.3) is 8.32 Å². The highest BCUT2D eigenvalue weighted by Gasteiger charge is 2.56. The van der Waals surface area contributed by atoms with Crippen molar-refractivity contribution in [2.45, 2.75) is 82.3 Å². The predicted molar refractivity (Wildman–Crippen MR) is 141 cm³/mol. The Morgan fingerprint density at radius 2 is 1.42 bits per heavy atom. The van der Waals surface area contributed by atoms with E-state index in [0.29, 0.717) is 25.9 Å². The Morgan fingerprint density at radius 3 is 1.79 bits per heavy atom. The normalized spacial score (nSPS) is 18.2. The van der Waals surface area contributed by atoms with E-state index in [0.717, 1.165) is 0 Å². The lowest BCUT2D eigenvalue weighted by Gasteiger charge is -2.43. The van der Waals surface area contributed by atoms with Crippen molar-refractivity contribution in [1.29, 1.82) is 0 Å². The monoisotopic (exact) mass is 489 g/mol. The SMILES string of the molecule is CN(C(CCO[Si](c1ccccc1)(c1ccccc1)C(C)(C)C)C1(F)CC1)[S@+]([O-])C(C)(C)C. The molecular formula is C27H40FNO2SSi. The molecule has 1 fully saturated rings. The van der Waals surface area contributed by atoms with Crippen LogP contribution in [-0.4, -0.2) is 47.3 Å². The molecule has 0 radical (unpaired) electrons. The van der Waals surface area contributed by atoms with Crippen molar-refractivity contribution in [3.05, 3.63) is 60.7 Å². The summed E-state index contributed by atoms with van der Waals surface area (Å²) < 4.78 is 36.8. The van der Waals surface area contributed by atoms with E-state index >= 15 is 4.39 Å². The summed E-state index contributed by atoms with van der Waals surface area (Å²) >= 11 is -1.28. The minimum atomic E-state index is -2.67. The molecule has 0 spiro atoms. The number of benzene rings is 2. The van der Waals surface area contributed by atoms with Crippen LogP contribution in [-0.2, 0) is 15.8 Å². The second-order valence-electron chi connectivity index (χ2n) is 11.3. The molecule has 1 unspecified atom stereocenters. The molecule has 0 N–H and O–H groups in total. The number of rotatable bonds is 9.